The molecular weight excluding hydrogens is 727 g/mol. The van der Waals surface area contributed by atoms with Crippen LogP contribution >= 0.6 is 11.3 Å². The van der Waals surface area contributed by atoms with Crippen molar-refractivity contribution >= 4 is 46.8 Å². The molecule has 4 N–H and O–H groups in total. The standard InChI is InChI=1S/C41H47N3O10S/c1-23-18-29-35(44-40(49)27-13-8-7-9-14-27)31(45)22-30(36(29)47)43-39(48)24(2)12-10-16-32(51-5)37(54-41(42)50)25(3)20-26(4)38(33(19-23)52-6)53-34(46)21-28-15-11-17-55-28/h7-17,20,22-23,26,32-33,37-38H,18-19,21H2,1-6H3,(H2,42,50)(H,43,48)(H,44,49)/b16-10-,24-12+,25-20+/t23-,26+,32+,33+,37+,38-/m1/s1. The Labute approximate surface area is 324 Å². The predicted molar refractivity (Wildman–Crippen MR) is 205 cm³/mol. The van der Waals surface area contributed by atoms with E-state index in [1.165, 1.54) is 44.6 Å². The van der Waals surface area contributed by atoms with Crippen molar-refractivity contribution in [2.45, 2.75) is 71.4 Å². The largest absolute Gasteiger partial charge is 0.459 e. The molecule has 2 heterocycles. The van der Waals surface area contributed by atoms with Gasteiger partial charge in [0.25, 0.3) is 11.8 Å². The number of nitrogens with two attached hydrogens (primary N) is 1. The lowest BCUT2D eigenvalue weighted by molar-refractivity contribution is -0.159. The van der Waals surface area contributed by atoms with E-state index in [1.807, 2.05) is 31.4 Å². The Balaban J connectivity index is 1.81. The Morgan fingerprint density at radius 1 is 0.982 bits per heavy atom. The average molecular weight is 774 g/mol. The number of fused-ring (bicyclic) bond motifs is 2. The third-order valence-electron chi connectivity index (χ3n) is 9.20. The van der Waals surface area contributed by atoms with Crippen LogP contribution in [-0.4, -0.2) is 74.1 Å². The van der Waals surface area contributed by atoms with E-state index in [0.717, 1.165) is 11.0 Å². The number of thiophene rings is 1. The maximum absolute atomic E-state index is 14.1. The third-order valence-corrected chi connectivity index (χ3v) is 10.1. The summed E-state index contributed by atoms with van der Waals surface area (Å²) in [6.07, 6.45) is 3.06. The van der Waals surface area contributed by atoms with Crippen molar-refractivity contribution in [3.63, 3.8) is 0 Å². The number of primary amides is 1. The summed E-state index contributed by atoms with van der Waals surface area (Å²) in [5.41, 5.74) is 6.00. The molecule has 1 aliphatic carbocycles. The SMILES string of the molecule is CO[C@H]1/C=C\C=C(/C)C(=O)NC2=CC(=O)C(NC(=O)c3ccccc3)=C(C[C@@H](C)C[C@H](OC)[C@H](OC(=O)Cc3cccs3)[C@@H](C)/C=C(\C)[C@@H]1OC(N)=O)C2=O. The van der Waals surface area contributed by atoms with Crippen molar-refractivity contribution in [2.24, 2.45) is 17.6 Å². The molecule has 0 radical (unpaired) electrons. The molecule has 292 valence electrons. The van der Waals surface area contributed by atoms with Crippen molar-refractivity contribution in [3.8, 4) is 0 Å². The highest BCUT2D eigenvalue weighted by molar-refractivity contribution is 7.10. The zero-order valence-electron chi connectivity index (χ0n) is 31.7. The smallest absolute Gasteiger partial charge is 0.405 e. The lowest BCUT2D eigenvalue weighted by Gasteiger charge is -2.32. The third kappa shape index (κ3) is 11.5. The molecule has 2 aliphatic rings. The second kappa shape index (κ2) is 19.8. The lowest BCUT2D eigenvalue weighted by Crippen LogP contribution is -2.40. The number of allylic oxidation sites excluding steroid dienone is 4. The minimum atomic E-state index is -1.04. The van der Waals surface area contributed by atoms with Crippen LogP contribution in [0.15, 0.2) is 106 Å². The molecule has 2 bridgehead atoms. The number of nitrogens with one attached hydrogen (secondary N) is 2. The summed E-state index contributed by atoms with van der Waals surface area (Å²) < 4.78 is 23.3. The van der Waals surface area contributed by atoms with Crippen LogP contribution < -0.4 is 16.4 Å². The Morgan fingerprint density at radius 2 is 1.71 bits per heavy atom. The van der Waals surface area contributed by atoms with Crippen LogP contribution in [0.3, 0.4) is 0 Å². The van der Waals surface area contributed by atoms with Gasteiger partial charge in [0, 0.05) is 47.8 Å². The molecule has 4 rings (SSSR count). The maximum Gasteiger partial charge on any atom is 0.405 e. The van der Waals surface area contributed by atoms with Crippen LogP contribution in [0.2, 0.25) is 0 Å². The van der Waals surface area contributed by atoms with Crippen LogP contribution in [0.1, 0.15) is 55.8 Å². The van der Waals surface area contributed by atoms with E-state index in [2.05, 4.69) is 10.6 Å². The van der Waals surface area contributed by atoms with Gasteiger partial charge in [0.1, 0.15) is 12.2 Å². The highest BCUT2D eigenvalue weighted by atomic mass is 32.1. The fourth-order valence-corrected chi connectivity index (χ4v) is 7.10. The number of hydrogen-bond acceptors (Lipinski definition) is 11. The average Bonchev–Trinajstić information content (AvgIpc) is 3.66. The summed E-state index contributed by atoms with van der Waals surface area (Å²) in [5.74, 6) is -3.98. The molecule has 0 spiro atoms. The van der Waals surface area contributed by atoms with Gasteiger partial charge in [-0.3, -0.25) is 24.0 Å². The topological polar surface area (TPSA) is 189 Å². The molecule has 1 aromatic heterocycles. The Hall–Kier alpha value is -5.44. The number of esters is 1. The van der Waals surface area contributed by atoms with E-state index in [0.29, 0.717) is 5.57 Å². The van der Waals surface area contributed by atoms with Gasteiger partial charge in [0.05, 0.1) is 23.9 Å². The van der Waals surface area contributed by atoms with Crippen molar-refractivity contribution in [2.75, 3.05) is 14.2 Å². The quantitative estimate of drug-likeness (QED) is 0.186. The molecule has 0 saturated heterocycles. The van der Waals surface area contributed by atoms with Gasteiger partial charge in [-0.2, -0.15) is 0 Å². The fraction of sp³-hybridized carbons (Fsp3) is 0.366. The number of rotatable bonds is 8. The first-order valence-corrected chi connectivity index (χ1v) is 18.6. The number of ketones is 2. The zero-order chi connectivity index (χ0) is 40.2. The van der Waals surface area contributed by atoms with E-state index in [1.54, 1.807) is 49.4 Å². The van der Waals surface area contributed by atoms with Gasteiger partial charge in [-0.05, 0) is 61.8 Å². The fourth-order valence-electron chi connectivity index (χ4n) is 6.41. The van der Waals surface area contributed by atoms with Crippen LogP contribution in [0, 0.1) is 11.8 Å². The number of methoxy groups -OCH3 is 2. The molecule has 6 atom stereocenters. The van der Waals surface area contributed by atoms with Crippen LogP contribution in [-0.2, 0) is 44.5 Å². The Kier molecular flexibility index (Phi) is 15.2. The minimum Gasteiger partial charge on any atom is -0.459 e. The monoisotopic (exact) mass is 773 g/mol. The number of carbonyl (C=O) groups excluding carboxylic acids is 6. The van der Waals surface area contributed by atoms with Gasteiger partial charge in [0.15, 0.2) is 6.10 Å². The summed E-state index contributed by atoms with van der Waals surface area (Å²) in [7, 11) is 2.89. The van der Waals surface area contributed by atoms with E-state index in [-0.39, 0.29) is 47.4 Å². The number of Topliss-reactive ketones (excluding diaryl/α,β-unsaturated/α-hetero) is 1. The summed E-state index contributed by atoms with van der Waals surface area (Å²) >= 11 is 1.42. The summed E-state index contributed by atoms with van der Waals surface area (Å²) in [6, 6.07) is 11.9. The highest BCUT2D eigenvalue weighted by Gasteiger charge is 2.36. The molecule has 0 saturated carbocycles. The molecule has 0 fully saturated rings. The molecule has 55 heavy (non-hydrogen) atoms. The number of amides is 3. The van der Waals surface area contributed by atoms with E-state index in [9.17, 15) is 28.8 Å². The van der Waals surface area contributed by atoms with Gasteiger partial charge in [-0.15, -0.1) is 11.3 Å². The first kappa shape index (κ1) is 42.3. The number of ether oxygens (including phenoxy) is 4. The summed E-state index contributed by atoms with van der Waals surface area (Å²) in [4.78, 5) is 80.5. The molecular formula is C41H47N3O10S. The first-order valence-electron chi connectivity index (χ1n) is 17.7. The molecule has 1 aliphatic heterocycles. The zero-order valence-corrected chi connectivity index (χ0v) is 32.5. The molecule has 1 aromatic carbocycles. The van der Waals surface area contributed by atoms with Crippen molar-refractivity contribution in [3.05, 3.63) is 117 Å². The van der Waals surface area contributed by atoms with Gasteiger partial charge in [-0.25, -0.2) is 4.79 Å². The van der Waals surface area contributed by atoms with Gasteiger partial charge in [-0.1, -0.05) is 62.4 Å². The van der Waals surface area contributed by atoms with E-state index >= 15 is 0 Å². The van der Waals surface area contributed by atoms with Crippen LogP contribution in [0.4, 0.5) is 4.79 Å². The van der Waals surface area contributed by atoms with Crippen molar-refractivity contribution < 1.29 is 47.7 Å². The van der Waals surface area contributed by atoms with Crippen molar-refractivity contribution in [1.82, 2.24) is 10.6 Å². The molecule has 13 nitrogen and oxygen atoms in total. The minimum absolute atomic E-state index is 0.00159. The van der Waals surface area contributed by atoms with Crippen LogP contribution in [0.5, 0.6) is 0 Å². The van der Waals surface area contributed by atoms with Gasteiger partial charge >= 0.3 is 12.1 Å². The number of carbonyl (C=O) groups is 6. The highest BCUT2D eigenvalue weighted by Crippen LogP contribution is 2.30. The van der Waals surface area contributed by atoms with Gasteiger partial charge < -0.3 is 35.3 Å². The van der Waals surface area contributed by atoms with Crippen LogP contribution in [0.25, 0.3) is 0 Å². The predicted octanol–water partition coefficient (Wildman–Crippen LogP) is 5.05. The second-order valence-electron chi connectivity index (χ2n) is 13.5. The molecule has 14 heteroatoms. The Morgan fingerprint density at radius 3 is 2.35 bits per heavy atom. The maximum atomic E-state index is 14.1. The summed E-state index contributed by atoms with van der Waals surface area (Å²) in [5, 5.41) is 7.04. The first-order chi connectivity index (χ1) is 26.2. The molecule has 2 aromatic rings. The van der Waals surface area contributed by atoms with Gasteiger partial charge in [0.2, 0.25) is 11.6 Å². The van der Waals surface area contributed by atoms with E-state index < -0.39 is 71.7 Å². The van der Waals surface area contributed by atoms with Crippen molar-refractivity contribution in [1.29, 1.82) is 0 Å². The summed E-state index contributed by atoms with van der Waals surface area (Å²) in [6.45, 7) is 6.90. The van der Waals surface area contributed by atoms with E-state index in [4.69, 9.17) is 24.7 Å². The number of benzene rings is 1. The normalized spacial score (nSPS) is 26.7. The second-order valence-corrected chi connectivity index (χ2v) is 14.5. The molecule has 3 amide bonds. The Bertz CT molecular complexity index is 1910. The number of hydrogen-bond donors (Lipinski definition) is 3. The lowest BCUT2D eigenvalue weighted by atomic mass is 9.85. The molecule has 0 unspecified atom stereocenters.